The van der Waals surface area contributed by atoms with Crippen LogP contribution in [0.4, 0.5) is 0 Å². The fourth-order valence-electron chi connectivity index (χ4n) is 3.85. The molecule has 1 aliphatic heterocycles. The Morgan fingerprint density at radius 3 is 1.70 bits per heavy atom. The summed E-state index contributed by atoms with van der Waals surface area (Å²) in [5.74, 6) is 1.76. The summed E-state index contributed by atoms with van der Waals surface area (Å²) < 4.78 is 16.4. The molecule has 156 valence electrons. The van der Waals surface area contributed by atoms with Gasteiger partial charge in [0, 0.05) is 19.1 Å². The van der Waals surface area contributed by atoms with Crippen LogP contribution in [0.15, 0.2) is 78.9 Å². The van der Waals surface area contributed by atoms with Gasteiger partial charge in [-0.25, -0.2) is 0 Å². The van der Waals surface area contributed by atoms with Gasteiger partial charge in [-0.1, -0.05) is 54.6 Å². The first-order valence-electron chi connectivity index (χ1n) is 10.4. The molecule has 1 saturated heterocycles. The van der Waals surface area contributed by atoms with Gasteiger partial charge in [0.15, 0.2) is 0 Å². The van der Waals surface area contributed by atoms with Gasteiger partial charge in [0.2, 0.25) is 0 Å². The van der Waals surface area contributed by atoms with Gasteiger partial charge in [0.1, 0.15) is 11.5 Å². The Morgan fingerprint density at radius 1 is 0.767 bits per heavy atom. The zero-order valence-electron chi connectivity index (χ0n) is 17.7. The Kier molecular flexibility index (Phi) is 6.67. The van der Waals surface area contributed by atoms with E-state index in [1.807, 2.05) is 24.3 Å². The van der Waals surface area contributed by atoms with Gasteiger partial charge in [0.05, 0.1) is 26.9 Å². The van der Waals surface area contributed by atoms with E-state index in [2.05, 4.69) is 59.5 Å². The van der Waals surface area contributed by atoms with E-state index >= 15 is 0 Å². The van der Waals surface area contributed by atoms with E-state index in [4.69, 9.17) is 14.2 Å². The third-order valence-electron chi connectivity index (χ3n) is 5.63. The average molecular weight is 404 g/mol. The zero-order valence-corrected chi connectivity index (χ0v) is 17.7. The maximum atomic E-state index is 5.79. The first-order valence-corrected chi connectivity index (χ1v) is 10.4. The van der Waals surface area contributed by atoms with Crippen molar-refractivity contribution in [2.24, 2.45) is 0 Å². The molecule has 4 nitrogen and oxygen atoms in total. The van der Waals surface area contributed by atoms with Gasteiger partial charge >= 0.3 is 0 Å². The third-order valence-corrected chi connectivity index (χ3v) is 5.63. The summed E-state index contributed by atoms with van der Waals surface area (Å²) in [7, 11) is 3.40. The van der Waals surface area contributed by atoms with Crippen LogP contribution in [-0.4, -0.2) is 37.9 Å². The molecule has 3 aromatic carbocycles. The molecule has 4 rings (SSSR count). The highest BCUT2D eigenvalue weighted by Gasteiger charge is 2.36. The molecular formula is C26H29NO3. The van der Waals surface area contributed by atoms with Gasteiger partial charge in [-0.2, -0.15) is 0 Å². The maximum absolute atomic E-state index is 5.79. The van der Waals surface area contributed by atoms with Crippen molar-refractivity contribution >= 4 is 0 Å². The van der Waals surface area contributed by atoms with E-state index in [9.17, 15) is 0 Å². The fraction of sp³-hybridized carbons (Fsp3) is 0.308. The SMILES string of the molecule is COc1ccc(CN(Cc2ccc(OC)cc2)[C@@H](Cc2ccccc2)[C@H]2CO2)cc1. The summed E-state index contributed by atoms with van der Waals surface area (Å²) >= 11 is 0. The zero-order chi connectivity index (χ0) is 20.8. The molecule has 0 aromatic heterocycles. The van der Waals surface area contributed by atoms with Gasteiger partial charge in [0.25, 0.3) is 0 Å². The third kappa shape index (κ3) is 5.41. The molecule has 4 heteroatoms. The molecule has 0 radical (unpaired) electrons. The fourth-order valence-corrected chi connectivity index (χ4v) is 3.85. The molecule has 0 amide bonds. The molecule has 0 aliphatic carbocycles. The van der Waals surface area contributed by atoms with Gasteiger partial charge in [-0.3, -0.25) is 4.90 Å². The van der Waals surface area contributed by atoms with Crippen molar-refractivity contribution in [1.29, 1.82) is 0 Å². The van der Waals surface area contributed by atoms with Crippen LogP contribution in [-0.2, 0) is 24.2 Å². The Labute approximate surface area is 179 Å². The molecular weight excluding hydrogens is 374 g/mol. The minimum atomic E-state index is 0.279. The molecule has 0 saturated carbocycles. The van der Waals surface area contributed by atoms with Crippen LogP contribution in [0.1, 0.15) is 16.7 Å². The quantitative estimate of drug-likeness (QED) is 0.459. The number of hydrogen-bond acceptors (Lipinski definition) is 4. The van der Waals surface area contributed by atoms with E-state index < -0.39 is 0 Å². The van der Waals surface area contributed by atoms with Crippen molar-refractivity contribution in [3.63, 3.8) is 0 Å². The average Bonchev–Trinajstić information content (AvgIpc) is 3.64. The van der Waals surface area contributed by atoms with Crippen LogP contribution >= 0.6 is 0 Å². The number of epoxide rings is 1. The van der Waals surface area contributed by atoms with Crippen LogP contribution in [0.2, 0.25) is 0 Å². The van der Waals surface area contributed by atoms with E-state index in [1.165, 1.54) is 16.7 Å². The highest BCUT2D eigenvalue weighted by Crippen LogP contribution is 2.27. The van der Waals surface area contributed by atoms with Gasteiger partial charge < -0.3 is 14.2 Å². The number of methoxy groups -OCH3 is 2. The second-order valence-corrected chi connectivity index (χ2v) is 7.73. The summed E-state index contributed by atoms with van der Waals surface area (Å²) in [6, 6.07) is 27.7. The van der Waals surface area contributed by atoms with Crippen molar-refractivity contribution in [2.75, 3.05) is 20.8 Å². The van der Waals surface area contributed by atoms with Crippen LogP contribution in [0.3, 0.4) is 0 Å². The Hall–Kier alpha value is -2.82. The first kappa shape index (κ1) is 20.5. The Bertz CT molecular complexity index is 856. The highest BCUT2D eigenvalue weighted by molar-refractivity contribution is 5.29. The lowest BCUT2D eigenvalue weighted by Crippen LogP contribution is -2.40. The molecule has 0 N–H and O–H groups in total. The maximum Gasteiger partial charge on any atom is 0.118 e. The number of benzene rings is 3. The molecule has 2 atom stereocenters. The van der Waals surface area contributed by atoms with Crippen molar-refractivity contribution in [1.82, 2.24) is 4.90 Å². The normalized spacial score (nSPS) is 16.3. The standard InChI is InChI=1S/C26H29NO3/c1-28-23-12-8-21(9-13-23)17-27(18-22-10-14-24(29-2)15-11-22)25(26-19-30-26)16-20-6-4-3-5-7-20/h3-15,25-26H,16-19H2,1-2H3/t25-,26+/m0/s1. The molecule has 0 spiro atoms. The summed E-state index contributed by atoms with van der Waals surface area (Å²) in [5, 5.41) is 0. The van der Waals surface area contributed by atoms with E-state index in [0.717, 1.165) is 37.6 Å². The monoisotopic (exact) mass is 403 g/mol. The molecule has 0 unspecified atom stereocenters. The summed E-state index contributed by atoms with van der Waals surface area (Å²) in [6.45, 7) is 2.54. The number of hydrogen-bond donors (Lipinski definition) is 0. The number of rotatable bonds is 10. The number of nitrogens with zero attached hydrogens (tertiary/aromatic N) is 1. The van der Waals surface area contributed by atoms with Crippen molar-refractivity contribution < 1.29 is 14.2 Å². The summed E-state index contributed by atoms with van der Waals surface area (Å²) in [5.41, 5.74) is 3.87. The lowest BCUT2D eigenvalue weighted by molar-refractivity contribution is 0.144. The molecule has 30 heavy (non-hydrogen) atoms. The lowest BCUT2D eigenvalue weighted by atomic mass is 10.00. The molecule has 0 bridgehead atoms. The smallest absolute Gasteiger partial charge is 0.118 e. The van der Waals surface area contributed by atoms with Gasteiger partial charge in [-0.05, 0) is 47.4 Å². The van der Waals surface area contributed by atoms with Crippen molar-refractivity contribution in [3.8, 4) is 11.5 Å². The molecule has 1 fully saturated rings. The molecule has 3 aromatic rings. The highest BCUT2D eigenvalue weighted by atomic mass is 16.6. The molecule has 1 heterocycles. The summed E-state index contributed by atoms with van der Waals surface area (Å²) in [6.07, 6.45) is 1.25. The largest absolute Gasteiger partial charge is 0.497 e. The second-order valence-electron chi connectivity index (χ2n) is 7.73. The summed E-state index contributed by atoms with van der Waals surface area (Å²) in [4.78, 5) is 2.54. The van der Waals surface area contributed by atoms with Crippen LogP contribution < -0.4 is 9.47 Å². The first-order chi connectivity index (χ1) is 14.7. The minimum Gasteiger partial charge on any atom is -0.497 e. The van der Waals surface area contributed by atoms with Crippen LogP contribution in [0.5, 0.6) is 11.5 Å². The van der Waals surface area contributed by atoms with Crippen LogP contribution in [0.25, 0.3) is 0 Å². The minimum absolute atomic E-state index is 0.279. The Morgan fingerprint density at radius 2 is 1.27 bits per heavy atom. The van der Waals surface area contributed by atoms with E-state index in [-0.39, 0.29) is 6.10 Å². The van der Waals surface area contributed by atoms with Crippen LogP contribution in [0, 0.1) is 0 Å². The number of ether oxygens (including phenoxy) is 3. The van der Waals surface area contributed by atoms with Crippen molar-refractivity contribution in [3.05, 3.63) is 95.6 Å². The lowest BCUT2D eigenvalue weighted by Gasteiger charge is -2.31. The van der Waals surface area contributed by atoms with E-state index in [0.29, 0.717) is 6.04 Å². The topological polar surface area (TPSA) is 34.2 Å². The van der Waals surface area contributed by atoms with Gasteiger partial charge in [-0.15, -0.1) is 0 Å². The molecule has 1 aliphatic rings. The van der Waals surface area contributed by atoms with Crippen molar-refractivity contribution in [2.45, 2.75) is 31.7 Å². The second kappa shape index (κ2) is 9.79. The predicted octanol–water partition coefficient (Wildman–Crippen LogP) is 4.72. The Balaban J connectivity index is 1.58. The predicted molar refractivity (Wildman–Crippen MR) is 119 cm³/mol. The van der Waals surface area contributed by atoms with E-state index in [1.54, 1.807) is 14.2 Å².